The van der Waals surface area contributed by atoms with Gasteiger partial charge in [-0.3, -0.25) is 4.79 Å². The second-order valence-corrected chi connectivity index (χ2v) is 4.88. The first kappa shape index (κ1) is 15.8. The van der Waals surface area contributed by atoms with E-state index in [0.717, 1.165) is 25.8 Å². The summed E-state index contributed by atoms with van der Waals surface area (Å²) in [5.41, 5.74) is 0. The third-order valence-corrected chi connectivity index (χ3v) is 3.67. The van der Waals surface area contributed by atoms with Crippen LogP contribution in [-0.2, 0) is 9.53 Å². The summed E-state index contributed by atoms with van der Waals surface area (Å²) in [6, 6.07) is 0. The Morgan fingerprint density at radius 3 is 2.16 bits per heavy atom. The summed E-state index contributed by atoms with van der Waals surface area (Å²) in [5.74, 6) is 0.352. The van der Waals surface area contributed by atoms with E-state index in [9.17, 15) is 9.59 Å². The molecule has 1 fully saturated rings. The maximum Gasteiger partial charge on any atom is 0.409 e. The van der Waals surface area contributed by atoms with Gasteiger partial charge < -0.3 is 14.5 Å². The van der Waals surface area contributed by atoms with Crippen molar-refractivity contribution in [3.63, 3.8) is 0 Å². The molecular weight excluding hydrogens is 244 g/mol. The van der Waals surface area contributed by atoms with E-state index in [1.165, 1.54) is 0 Å². The number of carbonyl (C=O) groups excluding carboxylic acids is 2. The molecule has 5 heteroatoms. The molecule has 19 heavy (non-hydrogen) atoms. The maximum absolute atomic E-state index is 12.3. The number of ether oxygens (including phenoxy) is 1. The molecule has 0 radical (unpaired) electrons. The van der Waals surface area contributed by atoms with Crippen LogP contribution in [0, 0.1) is 5.92 Å². The zero-order valence-electron chi connectivity index (χ0n) is 12.4. The van der Waals surface area contributed by atoms with Crippen molar-refractivity contribution in [3.05, 3.63) is 0 Å². The minimum absolute atomic E-state index is 0.120. The van der Waals surface area contributed by atoms with E-state index in [-0.39, 0.29) is 17.9 Å². The van der Waals surface area contributed by atoms with Gasteiger partial charge in [-0.25, -0.2) is 4.79 Å². The molecule has 1 saturated heterocycles. The fourth-order valence-electron chi connectivity index (χ4n) is 2.43. The second kappa shape index (κ2) is 8.02. The molecule has 0 aromatic rings. The van der Waals surface area contributed by atoms with Gasteiger partial charge in [0, 0.05) is 32.1 Å². The van der Waals surface area contributed by atoms with Gasteiger partial charge in [0.2, 0.25) is 5.91 Å². The summed E-state index contributed by atoms with van der Waals surface area (Å²) in [4.78, 5) is 27.6. The first-order valence-corrected chi connectivity index (χ1v) is 7.34. The van der Waals surface area contributed by atoms with Gasteiger partial charge >= 0.3 is 6.09 Å². The van der Waals surface area contributed by atoms with Crippen molar-refractivity contribution in [2.45, 2.75) is 40.0 Å². The normalized spacial score (nSPS) is 16.4. The number of hydrogen-bond acceptors (Lipinski definition) is 3. The van der Waals surface area contributed by atoms with Crippen molar-refractivity contribution in [2.75, 3.05) is 32.8 Å². The molecular formula is C14H26N2O3. The zero-order chi connectivity index (χ0) is 14.3. The standard InChI is InChI=1S/C14H26N2O3/c1-4-12(5-2)13(17)15-8-7-9-16(11-10-15)14(18)19-6-3/h12H,4-11H2,1-3H3. The van der Waals surface area contributed by atoms with Crippen LogP contribution in [-0.4, -0.2) is 54.6 Å². The van der Waals surface area contributed by atoms with Crippen LogP contribution in [0.1, 0.15) is 40.0 Å². The molecule has 5 nitrogen and oxygen atoms in total. The highest BCUT2D eigenvalue weighted by Crippen LogP contribution is 2.14. The highest BCUT2D eigenvalue weighted by Gasteiger charge is 2.25. The van der Waals surface area contributed by atoms with Crippen LogP contribution < -0.4 is 0 Å². The molecule has 0 unspecified atom stereocenters. The van der Waals surface area contributed by atoms with Crippen LogP contribution in [0.15, 0.2) is 0 Å². The predicted octanol–water partition coefficient (Wildman–Crippen LogP) is 2.11. The SMILES string of the molecule is CCOC(=O)N1CCCN(C(=O)C(CC)CC)CC1. The summed E-state index contributed by atoms with van der Waals surface area (Å²) in [6.07, 6.45) is 2.32. The minimum atomic E-state index is -0.265. The average Bonchev–Trinajstić information content (AvgIpc) is 2.66. The summed E-state index contributed by atoms with van der Waals surface area (Å²) in [7, 11) is 0. The fourth-order valence-corrected chi connectivity index (χ4v) is 2.43. The highest BCUT2D eigenvalue weighted by atomic mass is 16.6. The Balaban J connectivity index is 2.54. The van der Waals surface area contributed by atoms with Gasteiger partial charge in [0.25, 0.3) is 0 Å². The third kappa shape index (κ3) is 4.40. The van der Waals surface area contributed by atoms with Gasteiger partial charge in [0.15, 0.2) is 0 Å². The van der Waals surface area contributed by atoms with Crippen molar-refractivity contribution in [1.82, 2.24) is 9.80 Å². The first-order chi connectivity index (χ1) is 9.13. The van der Waals surface area contributed by atoms with Crippen LogP contribution in [0.25, 0.3) is 0 Å². The van der Waals surface area contributed by atoms with Gasteiger partial charge in [-0.15, -0.1) is 0 Å². The zero-order valence-corrected chi connectivity index (χ0v) is 12.4. The Bertz CT molecular complexity index is 303. The minimum Gasteiger partial charge on any atom is -0.450 e. The van der Waals surface area contributed by atoms with E-state index in [1.54, 1.807) is 11.8 Å². The van der Waals surface area contributed by atoms with E-state index >= 15 is 0 Å². The molecule has 1 aliphatic heterocycles. The Hall–Kier alpha value is -1.26. The van der Waals surface area contributed by atoms with Crippen LogP contribution in [0.5, 0.6) is 0 Å². The molecule has 0 aromatic carbocycles. The van der Waals surface area contributed by atoms with Gasteiger partial charge in [0.05, 0.1) is 6.61 Å². The van der Waals surface area contributed by atoms with E-state index in [4.69, 9.17) is 4.74 Å². The van der Waals surface area contributed by atoms with Gasteiger partial charge in [0.1, 0.15) is 0 Å². The Morgan fingerprint density at radius 1 is 1.00 bits per heavy atom. The van der Waals surface area contributed by atoms with Crippen LogP contribution in [0.4, 0.5) is 4.79 Å². The van der Waals surface area contributed by atoms with E-state index in [2.05, 4.69) is 13.8 Å². The molecule has 110 valence electrons. The Kier molecular flexibility index (Phi) is 6.67. The highest BCUT2D eigenvalue weighted by molar-refractivity contribution is 5.79. The van der Waals surface area contributed by atoms with Crippen molar-refractivity contribution in [3.8, 4) is 0 Å². The molecule has 1 heterocycles. The lowest BCUT2D eigenvalue weighted by Crippen LogP contribution is -2.40. The molecule has 0 saturated carbocycles. The molecule has 0 N–H and O–H groups in total. The predicted molar refractivity (Wildman–Crippen MR) is 73.9 cm³/mol. The van der Waals surface area contributed by atoms with Crippen molar-refractivity contribution in [2.24, 2.45) is 5.92 Å². The number of amides is 2. The topological polar surface area (TPSA) is 49.9 Å². The molecule has 0 spiro atoms. The maximum atomic E-state index is 12.3. The van der Waals surface area contributed by atoms with E-state index < -0.39 is 0 Å². The smallest absolute Gasteiger partial charge is 0.409 e. The average molecular weight is 270 g/mol. The van der Waals surface area contributed by atoms with Gasteiger partial charge in [-0.1, -0.05) is 13.8 Å². The lowest BCUT2D eigenvalue weighted by molar-refractivity contribution is -0.135. The van der Waals surface area contributed by atoms with Gasteiger partial charge in [-0.2, -0.15) is 0 Å². The lowest BCUT2D eigenvalue weighted by atomic mass is 10.0. The van der Waals surface area contributed by atoms with Crippen molar-refractivity contribution in [1.29, 1.82) is 0 Å². The molecule has 0 aromatic heterocycles. The van der Waals surface area contributed by atoms with E-state index in [0.29, 0.717) is 26.2 Å². The van der Waals surface area contributed by atoms with Gasteiger partial charge in [-0.05, 0) is 26.2 Å². The summed E-state index contributed by atoms with van der Waals surface area (Å²) < 4.78 is 5.01. The fraction of sp³-hybridized carbons (Fsp3) is 0.857. The van der Waals surface area contributed by atoms with Crippen molar-refractivity contribution < 1.29 is 14.3 Å². The number of hydrogen-bond donors (Lipinski definition) is 0. The Labute approximate surface area is 115 Å². The van der Waals surface area contributed by atoms with Crippen molar-refractivity contribution >= 4 is 12.0 Å². The summed E-state index contributed by atoms with van der Waals surface area (Å²) >= 11 is 0. The summed E-state index contributed by atoms with van der Waals surface area (Å²) in [6.45, 7) is 8.91. The molecule has 1 rings (SSSR count). The second-order valence-electron chi connectivity index (χ2n) is 4.88. The first-order valence-electron chi connectivity index (χ1n) is 7.34. The number of nitrogens with zero attached hydrogens (tertiary/aromatic N) is 2. The molecule has 0 bridgehead atoms. The summed E-state index contributed by atoms with van der Waals surface area (Å²) in [5, 5.41) is 0. The lowest BCUT2D eigenvalue weighted by Gasteiger charge is -2.25. The molecule has 2 amide bonds. The van der Waals surface area contributed by atoms with E-state index in [1.807, 2.05) is 4.90 Å². The largest absolute Gasteiger partial charge is 0.450 e. The molecule has 1 aliphatic rings. The monoisotopic (exact) mass is 270 g/mol. The Morgan fingerprint density at radius 2 is 1.58 bits per heavy atom. The molecule has 0 atom stereocenters. The number of carbonyl (C=O) groups is 2. The van der Waals surface area contributed by atoms with Crippen LogP contribution in [0.3, 0.4) is 0 Å². The molecule has 0 aliphatic carbocycles. The third-order valence-electron chi connectivity index (χ3n) is 3.67. The quantitative estimate of drug-likeness (QED) is 0.786. The van der Waals surface area contributed by atoms with Crippen LogP contribution >= 0.6 is 0 Å². The number of rotatable bonds is 4. The van der Waals surface area contributed by atoms with Crippen LogP contribution in [0.2, 0.25) is 0 Å².